The van der Waals surface area contributed by atoms with Gasteiger partial charge in [0.2, 0.25) is 0 Å². The number of thioether (sulfide) groups is 1. The van der Waals surface area contributed by atoms with Crippen LogP contribution in [0, 0.1) is 5.41 Å². The quantitative estimate of drug-likeness (QED) is 0.537. The standard InChI is InChI=1S/C19H23NO5S/c1-19(2,3)15(21)11-25-18(24)14(9-10-26-4)20-16(22)12-7-5-6-8-13(12)17(20)23/h5-8,14H,9-11H2,1-4H3/t14-/m0/s1. The van der Waals surface area contributed by atoms with Crippen LogP contribution in [0.25, 0.3) is 0 Å². The van der Waals surface area contributed by atoms with Crippen molar-refractivity contribution in [3.63, 3.8) is 0 Å². The highest BCUT2D eigenvalue weighted by Gasteiger charge is 2.43. The molecule has 0 aliphatic carbocycles. The van der Waals surface area contributed by atoms with Crippen LogP contribution in [0.2, 0.25) is 0 Å². The summed E-state index contributed by atoms with van der Waals surface area (Å²) in [6.45, 7) is 4.83. The molecule has 1 aromatic rings. The molecule has 1 atom stereocenters. The fraction of sp³-hybridized carbons (Fsp3) is 0.474. The van der Waals surface area contributed by atoms with Crippen molar-refractivity contribution in [2.75, 3.05) is 18.6 Å². The monoisotopic (exact) mass is 377 g/mol. The van der Waals surface area contributed by atoms with Gasteiger partial charge in [0.1, 0.15) is 6.04 Å². The maximum absolute atomic E-state index is 12.6. The molecule has 1 heterocycles. The molecule has 140 valence electrons. The van der Waals surface area contributed by atoms with Gasteiger partial charge in [-0.05, 0) is 30.6 Å². The van der Waals surface area contributed by atoms with Crippen LogP contribution in [0.1, 0.15) is 47.9 Å². The highest BCUT2D eigenvalue weighted by atomic mass is 32.2. The Bertz CT molecular complexity index is 703. The number of benzene rings is 1. The summed E-state index contributed by atoms with van der Waals surface area (Å²) in [6, 6.07) is 5.43. The third-order valence-corrected chi connectivity index (χ3v) is 4.83. The second kappa shape index (κ2) is 8.03. The van der Waals surface area contributed by atoms with Crippen molar-refractivity contribution in [2.24, 2.45) is 5.41 Å². The van der Waals surface area contributed by atoms with Crippen molar-refractivity contribution >= 4 is 35.3 Å². The van der Waals surface area contributed by atoms with Gasteiger partial charge in [0.15, 0.2) is 12.4 Å². The van der Waals surface area contributed by atoms with Gasteiger partial charge in [0.25, 0.3) is 11.8 Å². The van der Waals surface area contributed by atoms with Gasteiger partial charge in [0, 0.05) is 5.41 Å². The van der Waals surface area contributed by atoms with E-state index < -0.39 is 29.2 Å². The van der Waals surface area contributed by atoms with Gasteiger partial charge in [-0.15, -0.1) is 0 Å². The first-order valence-corrected chi connectivity index (χ1v) is 9.73. The number of nitrogens with zero attached hydrogens (tertiary/aromatic N) is 1. The Morgan fingerprint density at radius 3 is 2.12 bits per heavy atom. The summed E-state index contributed by atoms with van der Waals surface area (Å²) in [5.41, 5.74) is -0.0691. The predicted molar refractivity (Wildman–Crippen MR) is 99.2 cm³/mol. The zero-order valence-corrected chi connectivity index (χ0v) is 16.2. The lowest BCUT2D eigenvalue weighted by Gasteiger charge is -2.25. The van der Waals surface area contributed by atoms with Gasteiger partial charge in [0.05, 0.1) is 11.1 Å². The minimum Gasteiger partial charge on any atom is -0.456 e. The molecule has 1 aromatic carbocycles. The van der Waals surface area contributed by atoms with Crippen LogP contribution in [0.3, 0.4) is 0 Å². The number of ether oxygens (including phenoxy) is 1. The molecule has 1 aliphatic heterocycles. The van der Waals surface area contributed by atoms with Crippen molar-refractivity contribution < 1.29 is 23.9 Å². The average Bonchev–Trinajstić information content (AvgIpc) is 2.84. The largest absolute Gasteiger partial charge is 0.456 e. The maximum atomic E-state index is 12.6. The first kappa shape index (κ1) is 20.2. The van der Waals surface area contributed by atoms with Crippen LogP contribution >= 0.6 is 11.8 Å². The first-order valence-electron chi connectivity index (χ1n) is 8.34. The van der Waals surface area contributed by atoms with Crippen molar-refractivity contribution in [1.29, 1.82) is 0 Å². The summed E-state index contributed by atoms with van der Waals surface area (Å²) in [6.07, 6.45) is 2.14. The minimum absolute atomic E-state index is 0.225. The average molecular weight is 377 g/mol. The van der Waals surface area contributed by atoms with E-state index in [2.05, 4.69) is 0 Å². The van der Waals surface area contributed by atoms with E-state index in [1.165, 1.54) is 11.8 Å². The number of rotatable bonds is 7. The number of imide groups is 1. The molecule has 7 heteroatoms. The topological polar surface area (TPSA) is 80.8 Å². The van der Waals surface area contributed by atoms with Crippen LogP contribution in [0.5, 0.6) is 0 Å². The van der Waals surface area contributed by atoms with Crippen molar-refractivity contribution in [1.82, 2.24) is 4.90 Å². The molecule has 2 amide bonds. The van der Waals surface area contributed by atoms with Crippen molar-refractivity contribution in [2.45, 2.75) is 33.2 Å². The van der Waals surface area contributed by atoms with Crippen LogP contribution in [-0.2, 0) is 14.3 Å². The number of carbonyl (C=O) groups excluding carboxylic acids is 4. The Balaban J connectivity index is 2.20. The molecule has 0 fully saturated rings. The zero-order valence-electron chi connectivity index (χ0n) is 15.4. The van der Waals surface area contributed by atoms with E-state index in [9.17, 15) is 19.2 Å². The van der Waals surface area contributed by atoms with Crippen LogP contribution in [-0.4, -0.2) is 53.1 Å². The summed E-state index contributed by atoms with van der Waals surface area (Å²) in [5.74, 6) is -1.39. The number of hydrogen-bond donors (Lipinski definition) is 0. The Morgan fingerprint density at radius 2 is 1.65 bits per heavy atom. The van der Waals surface area contributed by atoms with Gasteiger partial charge in [-0.25, -0.2) is 4.79 Å². The molecule has 0 spiro atoms. The lowest BCUT2D eigenvalue weighted by atomic mass is 9.91. The molecule has 0 N–H and O–H groups in total. The summed E-state index contributed by atoms with van der Waals surface area (Å²) < 4.78 is 5.15. The maximum Gasteiger partial charge on any atom is 0.329 e. The Morgan fingerprint density at radius 1 is 1.12 bits per heavy atom. The number of carbonyl (C=O) groups is 4. The molecule has 0 radical (unpaired) electrons. The molecule has 2 rings (SSSR count). The summed E-state index contributed by atoms with van der Waals surface area (Å²) in [4.78, 5) is 50.8. The Labute approximate surface area is 157 Å². The molecule has 0 bridgehead atoms. The van der Waals surface area contributed by atoms with Gasteiger partial charge in [-0.3, -0.25) is 19.3 Å². The second-order valence-corrected chi connectivity index (χ2v) is 8.09. The molecule has 0 saturated carbocycles. The van der Waals surface area contributed by atoms with Gasteiger partial charge >= 0.3 is 5.97 Å². The molecular formula is C19H23NO5S. The molecule has 1 aliphatic rings. The van der Waals surface area contributed by atoms with E-state index in [1.807, 2.05) is 6.26 Å². The lowest BCUT2D eigenvalue weighted by Crippen LogP contribution is -2.46. The third kappa shape index (κ3) is 4.15. The van der Waals surface area contributed by atoms with Crippen LogP contribution < -0.4 is 0 Å². The highest BCUT2D eigenvalue weighted by Crippen LogP contribution is 2.26. The van der Waals surface area contributed by atoms with Crippen LogP contribution in [0.15, 0.2) is 24.3 Å². The van der Waals surface area contributed by atoms with E-state index in [0.29, 0.717) is 5.75 Å². The van der Waals surface area contributed by atoms with E-state index in [1.54, 1.807) is 45.0 Å². The smallest absolute Gasteiger partial charge is 0.329 e. The van der Waals surface area contributed by atoms with E-state index in [-0.39, 0.29) is 29.9 Å². The molecular weight excluding hydrogens is 354 g/mol. The van der Waals surface area contributed by atoms with E-state index >= 15 is 0 Å². The second-order valence-electron chi connectivity index (χ2n) is 7.10. The van der Waals surface area contributed by atoms with Gasteiger partial charge < -0.3 is 4.74 Å². The molecule has 0 unspecified atom stereocenters. The molecule has 0 aromatic heterocycles. The number of Topliss-reactive ketones (excluding diaryl/α,β-unsaturated/α-hetero) is 1. The summed E-state index contributed by atoms with van der Waals surface area (Å²) in [5, 5.41) is 0. The number of amides is 2. The van der Waals surface area contributed by atoms with Crippen molar-refractivity contribution in [3.8, 4) is 0 Å². The fourth-order valence-electron chi connectivity index (χ4n) is 2.52. The first-order chi connectivity index (χ1) is 12.2. The number of fused-ring (bicyclic) bond motifs is 1. The number of ketones is 1. The molecule has 0 saturated heterocycles. The molecule has 26 heavy (non-hydrogen) atoms. The van der Waals surface area contributed by atoms with Gasteiger partial charge in [-0.2, -0.15) is 11.8 Å². The molecule has 6 nitrogen and oxygen atoms in total. The number of hydrogen-bond acceptors (Lipinski definition) is 6. The van der Waals surface area contributed by atoms with Crippen molar-refractivity contribution in [3.05, 3.63) is 35.4 Å². The Hall–Kier alpha value is -2.15. The normalized spacial score (nSPS) is 15.0. The number of esters is 1. The third-order valence-electron chi connectivity index (χ3n) is 4.19. The summed E-state index contributed by atoms with van der Waals surface area (Å²) in [7, 11) is 0. The predicted octanol–water partition coefficient (Wildman–Crippen LogP) is 2.56. The Kier molecular flexibility index (Phi) is 6.23. The van der Waals surface area contributed by atoms with E-state index in [4.69, 9.17) is 4.74 Å². The lowest BCUT2D eigenvalue weighted by molar-refractivity contribution is -0.153. The van der Waals surface area contributed by atoms with E-state index in [0.717, 1.165) is 4.90 Å². The highest BCUT2D eigenvalue weighted by molar-refractivity contribution is 7.98. The van der Waals surface area contributed by atoms with Gasteiger partial charge in [-0.1, -0.05) is 32.9 Å². The SMILES string of the molecule is CSCC[C@@H](C(=O)OCC(=O)C(C)(C)C)N1C(=O)c2ccccc2C1=O. The zero-order chi connectivity index (χ0) is 19.5. The summed E-state index contributed by atoms with van der Waals surface area (Å²) >= 11 is 1.50. The minimum atomic E-state index is -1.04. The fourth-order valence-corrected chi connectivity index (χ4v) is 2.98. The van der Waals surface area contributed by atoms with Crippen LogP contribution in [0.4, 0.5) is 0 Å².